The average molecular weight is 248 g/mol. The van der Waals surface area contributed by atoms with E-state index in [1.165, 1.54) is 12.5 Å². The summed E-state index contributed by atoms with van der Waals surface area (Å²) >= 11 is 0. The van der Waals surface area contributed by atoms with Gasteiger partial charge < -0.3 is 9.84 Å². The molecule has 0 amide bonds. The molecule has 0 aliphatic rings. The molecule has 0 aliphatic carbocycles. The molecule has 0 bridgehead atoms. The van der Waals surface area contributed by atoms with Crippen LogP contribution in [0.25, 0.3) is 0 Å². The topological polar surface area (TPSA) is 94.1 Å². The van der Waals surface area contributed by atoms with Gasteiger partial charge in [-0.05, 0) is 0 Å². The number of nitrogens with zero attached hydrogens (tertiary/aromatic N) is 3. The second kappa shape index (κ2) is 5.87. The number of nitrogens with one attached hydrogen (secondary N) is 1. The Morgan fingerprint density at radius 3 is 2.94 bits per heavy atom. The molecule has 0 unspecified atom stereocenters. The first-order valence-electron chi connectivity index (χ1n) is 5.45. The Morgan fingerprint density at radius 1 is 1.39 bits per heavy atom. The van der Waals surface area contributed by atoms with E-state index in [0.29, 0.717) is 30.9 Å². The Bertz CT molecular complexity index is 513. The van der Waals surface area contributed by atoms with Crippen LogP contribution < -0.4 is 5.32 Å². The summed E-state index contributed by atoms with van der Waals surface area (Å²) < 4.78 is 4.60. The fourth-order valence-electron chi connectivity index (χ4n) is 1.56. The minimum absolute atomic E-state index is 0.129. The van der Waals surface area contributed by atoms with Crippen molar-refractivity contribution in [2.45, 2.75) is 13.0 Å². The van der Waals surface area contributed by atoms with Crippen LogP contribution >= 0.6 is 0 Å². The number of hydrogen-bond acceptors (Lipinski definition) is 6. The first-order chi connectivity index (χ1) is 8.77. The molecule has 1 aromatic heterocycles. The fourth-order valence-corrected chi connectivity index (χ4v) is 1.56. The Labute approximate surface area is 103 Å². The Morgan fingerprint density at radius 2 is 2.22 bits per heavy atom. The van der Waals surface area contributed by atoms with E-state index in [2.05, 4.69) is 20.0 Å². The van der Waals surface area contributed by atoms with Crippen LogP contribution in [0.2, 0.25) is 0 Å². The zero-order valence-corrected chi connectivity index (χ0v) is 9.57. The van der Waals surface area contributed by atoms with Gasteiger partial charge in [-0.15, -0.1) is 0 Å². The second-order valence-corrected chi connectivity index (χ2v) is 3.66. The molecule has 7 heteroatoms. The zero-order chi connectivity index (χ0) is 12.8. The largest absolute Gasteiger partial charge is 0.343 e. The maximum atomic E-state index is 10.8. The van der Waals surface area contributed by atoms with E-state index in [1.807, 2.05) is 0 Å². The number of aromatic nitrogens is 2. The van der Waals surface area contributed by atoms with Crippen LogP contribution in [0, 0.1) is 10.1 Å². The highest BCUT2D eigenvalue weighted by Gasteiger charge is 2.11. The van der Waals surface area contributed by atoms with Crippen molar-refractivity contribution in [1.29, 1.82) is 0 Å². The maximum absolute atomic E-state index is 10.8. The summed E-state index contributed by atoms with van der Waals surface area (Å²) in [6, 6.07) is 6.67. The van der Waals surface area contributed by atoms with Crippen molar-refractivity contribution in [2.75, 3.05) is 6.54 Å². The van der Waals surface area contributed by atoms with E-state index < -0.39 is 0 Å². The molecular weight excluding hydrogens is 236 g/mol. The summed E-state index contributed by atoms with van der Waals surface area (Å²) in [6.07, 6.45) is 1.90. The van der Waals surface area contributed by atoms with Crippen LogP contribution in [-0.2, 0) is 13.0 Å². The standard InChI is InChI=1S/C11H12N4O3/c16-15(17)10-4-2-1-3-9(10)7-12-6-5-11-13-8-18-14-11/h1-4,8,12H,5-7H2. The number of nitro benzene ring substituents is 1. The lowest BCUT2D eigenvalue weighted by atomic mass is 10.2. The number of para-hydroxylation sites is 1. The molecule has 2 rings (SSSR count). The van der Waals surface area contributed by atoms with Gasteiger partial charge in [0.25, 0.3) is 5.69 Å². The van der Waals surface area contributed by atoms with E-state index in [-0.39, 0.29) is 10.6 Å². The van der Waals surface area contributed by atoms with Gasteiger partial charge in [0.1, 0.15) is 0 Å². The van der Waals surface area contributed by atoms with E-state index in [1.54, 1.807) is 18.2 Å². The molecule has 0 atom stereocenters. The van der Waals surface area contributed by atoms with Crippen molar-refractivity contribution < 1.29 is 9.45 Å². The van der Waals surface area contributed by atoms with Gasteiger partial charge in [-0.3, -0.25) is 10.1 Å². The van der Waals surface area contributed by atoms with Gasteiger partial charge in [0.2, 0.25) is 6.39 Å². The van der Waals surface area contributed by atoms with Crippen molar-refractivity contribution in [3.8, 4) is 0 Å². The molecule has 0 spiro atoms. The quantitative estimate of drug-likeness (QED) is 0.470. The van der Waals surface area contributed by atoms with E-state index in [9.17, 15) is 10.1 Å². The highest BCUT2D eigenvalue weighted by atomic mass is 16.6. The molecule has 7 nitrogen and oxygen atoms in total. The van der Waals surface area contributed by atoms with Crippen molar-refractivity contribution in [3.63, 3.8) is 0 Å². The first-order valence-corrected chi connectivity index (χ1v) is 5.45. The predicted molar refractivity (Wildman–Crippen MR) is 62.8 cm³/mol. The lowest BCUT2D eigenvalue weighted by Gasteiger charge is -2.04. The van der Waals surface area contributed by atoms with Crippen molar-refractivity contribution in [3.05, 3.63) is 52.2 Å². The van der Waals surface area contributed by atoms with Gasteiger partial charge in [0, 0.05) is 31.1 Å². The van der Waals surface area contributed by atoms with Gasteiger partial charge in [0.15, 0.2) is 5.82 Å². The number of nitro groups is 1. The average Bonchev–Trinajstić information content (AvgIpc) is 2.88. The molecule has 1 N–H and O–H groups in total. The van der Waals surface area contributed by atoms with Gasteiger partial charge in [0.05, 0.1) is 4.92 Å². The van der Waals surface area contributed by atoms with E-state index >= 15 is 0 Å². The lowest BCUT2D eigenvalue weighted by Crippen LogP contribution is -2.17. The van der Waals surface area contributed by atoms with Crippen LogP contribution in [0.3, 0.4) is 0 Å². The fraction of sp³-hybridized carbons (Fsp3) is 0.273. The van der Waals surface area contributed by atoms with Crippen molar-refractivity contribution >= 4 is 5.69 Å². The SMILES string of the molecule is O=[N+]([O-])c1ccccc1CNCCc1ncon1. The third-order valence-electron chi connectivity index (χ3n) is 2.44. The normalized spacial score (nSPS) is 10.4. The third kappa shape index (κ3) is 3.11. The van der Waals surface area contributed by atoms with Gasteiger partial charge in [-0.1, -0.05) is 23.4 Å². The van der Waals surface area contributed by atoms with Crippen LogP contribution in [0.1, 0.15) is 11.4 Å². The number of hydrogen-bond donors (Lipinski definition) is 1. The highest BCUT2D eigenvalue weighted by molar-refractivity contribution is 5.39. The third-order valence-corrected chi connectivity index (χ3v) is 2.44. The van der Waals surface area contributed by atoms with Crippen LogP contribution in [0.4, 0.5) is 5.69 Å². The highest BCUT2D eigenvalue weighted by Crippen LogP contribution is 2.16. The molecule has 0 saturated carbocycles. The Hall–Kier alpha value is -2.28. The number of benzene rings is 1. The predicted octanol–water partition coefficient (Wildman–Crippen LogP) is 1.31. The van der Waals surface area contributed by atoms with E-state index in [0.717, 1.165) is 0 Å². The molecule has 0 radical (unpaired) electrons. The molecular formula is C11H12N4O3. The van der Waals surface area contributed by atoms with Gasteiger partial charge in [-0.25, -0.2) is 0 Å². The lowest BCUT2D eigenvalue weighted by molar-refractivity contribution is -0.385. The van der Waals surface area contributed by atoms with Gasteiger partial charge >= 0.3 is 0 Å². The zero-order valence-electron chi connectivity index (χ0n) is 9.57. The second-order valence-electron chi connectivity index (χ2n) is 3.66. The summed E-state index contributed by atoms with van der Waals surface area (Å²) in [5, 5.41) is 17.6. The number of rotatable bonds is 6. The molecule has 1 aromatic carbocycles. The van der Waals surface area contributed by atoms with Gasteiger partial charge in [-0.2, -0.15) is 4.98 Å². The molecule has 0 saturated heterocycles. The minimum Gasteiger partial charge on any atom is -0.343 e. The maximum Gasteiger partial charge on any atom is 0.273 e. The summed E-state index contributed by atoms with van der Waals surface area (Å²) in [4.78, 5) is 14.3. The summed E-state index contributed by atoms with van der Waals surface area (Å²) in [5.41, 5.74) is 0.792. The monoisotopic (exact) mass is 248 g/mol. The Balaban J connectivity index is 1.85. The van der Waals surface area contributed by atoms with Crippen molar-refractivity contribution in [2.24, 2.45) is 0 Å². The van der Waals surface area contributed by atoms with Crippen LogP contribution in [0.5, 0.6) is 0 Å². The molecule has 0 aliphatic heterocycles. The minimum atomic E-state index is -0.379. The smallest absolute Gasteiger partial charge is 0.273 e. The summed E-state index contributed by atoms with van der Waals surface area (Å²) in [6.45, 7) is 1.07. The van der Waals surface area contributed by atoms with E-state index in [4.69, 9.17) is 0 Å². The summed E-state index contributed by atoms with van der Waals surface area (Å²) in [7, 11) is 0. The first kappa shape index (κ1) is 12.2. The molecule has 0 fully saturated rings. The molecule has 18 heavy (non-hydrogen) atoms. The molecule has 94 valence electrons. The van der Waals surface area contributed by atoms with Crippen LogP contribution in [-0.4, -0.2) is 21.6 Å². The molecule has 1 heterocycles. The molecule has 2 aromatic rings. The van der Waals surface area contributed by atoms with Crippen molar-refractivity contribution in [1.82, 2.24) is 15.5 Å². The Kier molecular flexibility index (Phi) is 3.98. The summed E-state index contributed by atoms with van der Waals surface area (Å²) in [5.74, 6) is 0.616. The van der Waals surface area contributed by atoms with Crippen LogP contribution in [0.15, 0.2) is 35.2 Å².